The Bertz CT molecular complexity index is 1140. The maximum atomic E-state index is 13.4. The fourth-order valence-corrected chi connectivity index (χ4v) is 4.92. The molecule has 0 spiro atoms. The number of amides is 3. The Balaban J connectivity index is 1.79. The van der Waals surface area contributed by atoms with Gasteiger partial charge in [-0.1, -0.05) is 44.2 Å². The molecule has 38 heavy (non-hydrogen) atoms. The molecule has 1 aliphatic heterocycles. The van der Waals surface area contributed by atoms with Gasteiger partial charge in [-0.2, -0.15) is 0 Å². The van der Waals surface area contributed by atoms with Crippen LogP contribution in [-0.4, -0.2) is 87.8 Å². The highest BCUT2D eigenvalue weighted by atomic mass is 32.2. The Morgan fingerprint density at radius 2 is 1.71 bits per heavy atom. The third-order valence-electron chi connectivity index (χ3n) is 5.84. The van der Waals surface area contributed by atoms with Gasteiger partial charge in [0.25, 0.3) is 5.91 Å². The second kappa shape index (κ2) is 13.8. The molecule has 1 atom stereocenters. The van der Waals surface area contributed by atoms with Crippen molar-refractivity contribution in [1.29, 1.82) is 0 Å². The molecule has 2 N–H and O–H groups in total. The molecule has 1 saturated heterocycles. The van der Waals surface area contributed by atoms with Gasteiger partial charge < -0.3 is 25.0 Å². The van der Waals surface area contributed by atoms with Crippen molar-refractivity contribution < 1.29 is 29.0 Å². The zero-order valence-electron chi connectivity index (χ0n) is 21.9. The molecule has 11 heteroatoms. The molecule has 0 bridgehead atoms. The minimum atomic E-state index is -1.07. The summed E-state index contributed by atoms with van der Waals surface area (Å²) in [5.74, 6) is -2.01. The van der Waals surface area contributed by atoms with E-state index in [-0.39, 0.29) is 49.4 Å². The van der Waals surface area contributed by atoms with Crippen molar-refractivity contribution in [2.24, 2.45) is 0 Å². The van der Waals surface area contributed by atoms with E-state index < -0.39 is 24.0 Å². The average molecular weight is 543 g/mol. The highest BCUT2D eigenvalue weighted by Crippen LogP contribution is 2.28. The Morgan fingerprint density at radius 1 is 1.05 bits per heavy atom. The van der Waals surface area contributed by atoms with E-state index in [9.17, 15) is 24.3 Å². The van der Waals surface area contributed by atoms with E-state index in [1.807, 2.05) is 36.4 Å². The molecule has 2 aromatic rings. The summed E-state index contributed by atoms with van der Waals surface area (Å²) in [5, 5.41) is 12.2. The maximum Gasteiger partial charge on any atom is 0.409 e. The number of hydrogen-bond donors (Lipinski definition) is 2. The van der Waals surface area contributed by atoms with Gasteiger partial charge in [0.1, 0.15) is 11.7 Å². The molecule has 1 unspecified atom stereocenters. The molecule has 204 valence electrons. The van der Waals surface area contributed by atoms with Crippen LogP contribution in [-0.2, 0) is 14.3 Å². The highest BCUT2D eigenvalue weighted by Gasteiger charge is 2.31. The molecule has 3 rings (SSSR count). The topological polar surface area (TPSA) is 129 Å². The lowest BCUT2D eigenvalue weighted by atomic mass is 10.1. The summed E-state index contributed by atoms with van der Waals surface area (Å²) in [6.45, 7) is 7.19. The van der Waals surface area contributed by atoms with Gasteiger partial charge in [-0.05, 0) is 25.5 Å². The maximum absolute atomic E-state index is 13.4. The normalized spacial score (nSPS) is 14.2. The van der Waals surface area contributed by atoms with Gasteiger partial charge in [0, 0.05) is 48.3 Å². The van der Waals surface area contributed by atoms with Gasteiger partial charge in [0.2, 0.25) is 5.91 Å². The van der Waals surface area contributed by atoms with Gasteiger partial charge in [-0.25, -0.2) is 9.78 Å². The number of carbonyl (C=O) groups is 4. The number of piperazine rings is 1. The van der Waals surface area contributed by atoms with E-state index >= 15 is 0 Å². The first kappa shape index (κ1) is 29.0. The molecule has 0 radical (unpaired) electrons. The fourth-order valence-electron chi connectivity index (χ4n) is 4.02. The third kappa shape index (κ3) is 8.20. The smallest absolute Gasteiger partial charge is 0.409 e. The van der Waals surface area contributed by atoms with Crippen LogP contribution in [0.4, 0.5) is 4.79 Å². The number of pyridine rings is 1. The molecule has 0 saturated carbocycles. The molecule has 10 nitrogen and oxygen atoms in total. The van der Waals surface area contributed by atoms with Crippen LogP contribution in [0.3, 0.4) is 0 Å². The number of carboxylic acid groups (broad SMARTS) is 1. The molecule has 1 aliphatic rings. The van der Waals surface area contributed by atoms with Crippen molar-refractivity contribution in [2.45, 2.75) is 49.8 Å². The zero-order valence-corrected chi connectivity index (χ0v) is 22.7. The summed E-state index contributed by atoms with van der Waals surface area (Å²) in [6, 6.07) is 12.1. The second-order valence-corrected chi connectivity index (χ2v) is 10.7. The van der Waals surface area contributed by atoms with Gasteiger partial charge in [-0.3, -0.25) is 14.4 Å². The number of nitrogens with zero attached hydrogens (tertiary/aromatic N) is 3. The van der Waals surface area contributed by atoms with Gasteiger partial charge in [0.15, 0.2) is 0 Å². The third-order valence-corrected chi connectivity index (χ3v) is 6.82. The van der Waals surface area contributed by atoms with Crippen molar-refractivity contribution in [2.75, 3.05) is 32.8 Å². The number of rotatable bonds is 10. The Labute approximate surface area is 226 Å². The monoisotopic (exact) mass is 542 g/mol. The molecule has 3 amide bonds. The van der Waals surface area contributed by atoms with Gasteiger partial charge in [-0.15, -0.1) is 11.8 Å². The first-order chi connectivity index (χ1) is 18.2. The number of carbonyl (C=O) groups excluding carboxylic acids is 3. The van der Waals surface area contributed by atoms with Crippen LogP contribution >= 0.6 is 11.8 Å². The van der Waals surface area contributed by atoms with Crippen LogP contribution in [0.2, 0.25) is 0 Å². The molecular formula is C27H34N4O6S. The summed E-state index contributed by atoms with van der Waals surface area (Å²) in [5.41, 5.74) is 1.63. The molecule has 1 aromatic carbocycles. The van der Waals surface area contributed by atoms with Gasteiger partial charge in [0.05, 0.1) is 12.3 Å². The van der Waals surface area contributed by atoms with Crippen molar-refractivity contribution in [3.8, 4) is 11.3 Å². The van der Waals surface area contributed by atoms with E-state index in [1.54, 1.807) is 24.8 Å². The predicted molar refractivity (Wildman–Crippen MR) is 144 cm³/mol. The summed E-state index contributed by atoms with van der Waals surface area (Å²) in [7, 11) is 0. The van der Waals surface area contributed by atoms with Crippen LogP contribution in [0.5, 0.6) is 0 Å². The summed E-state index contributed by atoms with van der Waals surface area (Å²) >= 11 is 1.59. The van der Waals surface area contributed by atoms with Crippen molar-refractivity contribution in [3.05, 3.63) is 48.2 Å². The summed E-state index contributed by atoms with van der Waals surface area (Å²) in [6.07, 6.45) is -0.787. The number of carboxylic acids is 1. The minimum Gasteiger partial charge on any atom is -0.481 e. The lowest BCUT2D eigenvalue weighted by Crippen LogP contribution is -2.56. The summed E-state index contributed by atoms with van der Waals surface area (Å²) in [4.78, 5) is 58.4. The molecular weight excluding hydrogens is 508 g/mol. The lowest BCUT2D eigenvalue weighted by molar-refractivity contribution is -0.138. The number of hydrogen-bond acceptors (Lipinski definition) is 7. The standard InChI is InChI=1S/C27H34N4O6S/c1-4-37-27(36)31-14-12-30(13-15-31)26(35)21(10-11-24(32)33)29-25(34)23-17-20(38-18(2)3)16-22(28-23)19-8-6-5-7-9-19/h5-9,16-18,21H,4,10-15H2,1-3H3,(H,29,34)(H,32,33). The van der Waals surface area contributed by atoms with Crippen LogP contribution in [0, 0.1) is 0 Å². The largest absolute Gasteiger partial charge is 0.481 e. The SMILES string of the molecule is CCOC(=O)N1CCN(C(=O)C(CCC(=O)O)NC(=O)c2cc(SC(C)C)cc(-c3ccccc3)n2)CC1. The van der Waals surface area contributed by atoms with E-state index in [1.165, 1.54) is 9.80 Å². The van der Waals surface area contributed by atoms with Crippen molar-refractivity contribution in [3.63, 3.8) is 0 Å². The zero-order chi connectivity index (χ0) is 27.7. The van der Waals surface area contributed by atoms with E-state index in [2.05, 4.69) is 24.1 Å². The first-order valence-corrected chi connectivity index (χ1v) is 13.5. The fraction of sp³-hybridized carbons (Fsp3) is 0.444. The summed E-state index contributed by atoms with van der Waals surface area (Å²) < 4.78 is 5.02. The van der Waals surface area contributed by atoms with Crippen LogP contribution in [0.1, 0.15) is 44.1 Å². The quantitative estimate of drug-likeness (QED) is 0.437. The molecule has 1 fully saturated rings. The Kier molecular flexibility index (Phi) is 10.5. The highest BCUT2D eigenvalue weighted by molar-refractivity contribution is 7.99. The van der Waals surface area contributed by atoms with Crippen LogP contribution in [0.25, 0.3) is 11.3 Å². The Hall–Kier alpha value is -3.60. The molecule has 0 aliphatic carbocycles. The van der Waals surface area contributed by atoms with Crippen LogP contribution < -0.4 is 5.32 Å². The van der Waals surface area contributed by atoms with E-state index in [0.717, 1.165) is 10.5 Å². The Morgan fingerprint density at radius 3 is 2.32 bits per heavy atom. The minimum absolute atomic E-state index is 0.0655. The first-order valence-electron chi connectivity index (χ1n) is 12.6. The van der Waals surface area contributed by atoms with Crippen LogP contribution in [0.15, 0.2) is 47.4 Å². The average Bonchev–Trinajstić information content (AvgIpc) is 2.90. The number of thioether (sulfide) groups is 1. The number of nitrogens with one attached hydrogen (secondary N) is 1. The number of aromatic nitrogens is 1. The van der Waals surface area contributed by atoms with Crippen molar-refractivity contribution >= 4 is 35.6 Å². The van der Waals surface area contributed by atoms with Crippen molar-refractivity contribution in [1.82, 2.24) is 20.1 Å². The van der Waals surface area contributed by atoms with Gasteiger partial charge >= 0.3 is 12.1 Å². The number of ether oxygens (including phenoxy) is 1. The van der Waals surface area contributed by atoms with E-state index in [0.29, 0.717) is 18.8 Å². The lowest BCUT2D eigenvalue weighted by Gasteiger charge is -2.35. The predicted octanol–water partition coefficient (Wildman–Crippen LogP) is 3.51. The molecule has 1 aromatic heterocycles. The second-order valence-electron chi connectivity index (χ2n) is 9.08. The number of aliphatic carboxylic acids is 1. The molecule has 2 heterocycles. The number of benzene rings is 1. The van der Waals surface area contributed by atoms with E-state index in [4.69, 9.17) is 4.74 Å².